The summed E-state index contributed by atoms with van der Waals surface area (Å²) in [6.45, 7) is 1.85. The first-order valence-electron chi connectivity index (χ1n) is 7.05. The average Bonchev–Trinajstić information content (AvgIpc) is 2.87. The monoisotopic (exact) mass is 335 g/mol. The molecule has 0 unspecified atom stereocenters. The zero-order valence-electron chi connectivity index (χ0n) is 12.6. The van der Waals surface area contributed by atoms with Crippen molar-refractivity contribution in [2.75, 3.05) is 5.32 Å². The van der Waals surface area contributed by atoms with Crippen molar-refractivity contribution in [3.63, 3.8) is 0 Å². The quantitative estimate of drug-likeness (QED) is 0.749. The van der Waals surface area contributed by atoms with Crippen LogP contribution in [0.4, 0.5) is 10.5 Å². The fraction of sp³-hybridized carbons (Fsp3) is 0.267. The molecular weight excluding hydrogens is 318 g/mol. The minimum atomic E-state index is -0.502. The number of amides is 3. The van der Waals surface area contributed by atoms with Crippen LogP contribution in [0.3, 0.4) is 0 Å². The van der Waals surface area contributed by atoms with Gasteiger partial charge in [-0.1, -0.05) is 29.8 Å². The zero-order valence-corrected chi connectivity index (χ0v) is 13.4. The largest absolute Gasteiger partial charge is 0.368 e. The molecule has 0 bridgehead atoms. The van der Waals surface area contributed by atoms with Gasteiger partial charge in [-0.25, -0.2) is 4.79 Å². The van der Waals surface area contributed by atoms with E-state index in [4.69, 9.17) is 17.3 Å². The predicted molar refractivity (Wildman–Crippen MR) is 88.2 cm³/mol. The topological polar surface area (TPSA) is 102 Å². The molecule has 7 nitrogen and oxygen atoms in total. The van der Waals surface area contributed by atoms with Crippen molar-refractivity contribution in [2.24, 2.45) is 5.73 Å². The fourth-order valence-electron chi connectivity index (χ4n) is 2.11. The summed E-state index contributed by atoms with van der Waals surface area (Å²) in [6.07, 6.45) is 3.60. The van der Waals surface area contributed by atoms with Crippen LogP contribution in [-0.4, -0.2) is 27.8 Å². The third kappa shape index (κ3) is 5.30. The number of benzene rings is 1. The van der Waals surface area contributed by atoms with Crippen LogP contribution in [0.15, 0.2) is 36.7 Å². The minimum Gasteiger partial charge on any atom is -0.368 e. The van der Waals surface area contributed by atoms with Gasteiger partial charge in [0.25, 0.3) is 0 Å². The summed E-state index contributed by atoms with van der Waals surface area (Å²) < 4.78 is 1.35. The summed E-state index contributed by atoms with van der Waals surface area (Å²) in [7, 11) is 0. The molecule has 0 aliphatic carbocycles. The number of urea groups is 1. The van der Waals surface area contributed by atoms with Crippen molar-refractivity contribution in [3.8, 4) is 0 Å². The summed E-state index contributed by atoms with van der Waals surface area (Å²) >= 11 is 6.10. The molecule has 0 spiro atoms. The SMILES string of the molecule is C[C@H](Cc1ccccc1Cl)NC(=O)Nc1cnn(CC(N)=O)c1. The number of rotatable bonds is 6. The second kappa shape index (κ2) is 7.64. The van der Waals surface area contributed by atoms with E-state index in [1.807, 2.05) is 31.2 Å². The van der Waals surface area contributed by atoms with Crippen LogP contribution >= 0.6 is 11.6 Å². The molecule has 3 amide bonds. The number of nitrogens with one attached hydrogen (secondary N) is 2. The van der Waals surface area contributed by atoms with E-state index < -0.39 is 5.91 Å². The van der Waals surface area contributed by atoms with E-state index in [9.17, 15) is 9.59 Å². The Balaban J connectivity index is 1.85. The number of nitrogens with two attached hydrogens (primary N) is 1. The molecule has 1 atom stereocenters. The van der Waals surface area contributed by atoms with Gasteiger partial charge in [-0.05, 0) is 25.0 Å². The highest BCUT2D eigenvalue weighted by molar-refractivity contribution is 6.31. The van der Waals surface area contributed by atoms with Crippen LogP contribution in [0.25, 0.3) is 0 Å². The maximum absolute atomic E-state index is 11.9. The number of hydrogen-bond donors (Lipinski definition) is 3. The van der Waals surface area contributed by atoms with Crippen molar-refractivity contribution in [1.29, 1.82) is 0 Å². The van der Waals surface area contributed by atoms with E-state index in [1.165, 1.54) is 17.1 Å². The van der Waals surface area contributed by atoms with Crippen LogP contribution in [0, 0.1) is 0 Å². The highest BCUT2D eigenvalue weighted by atomic mass is 35.5. The van der Waals surface area contributed by atoms with Crippen molar-refractivity contribution in [2.45, 2.75) is 25.9 Å². The Morgan fingerprint density at radius 2 is 2.13 bits per heavy atom. The molecule has 0 saturated heterocycles. The summed E-state index contributed by atoms with van der Waals surface area (Å²) in [4.78, 5) is 22.7. The van der Waals surface area contributed by atoms with E-state index in [2.05, 4.69) is 15.7 Å². The van der Waals surface area contributed by atoms with Gasteiger partial charge in [0.2, 0.25) is 5.91 Å². The van der Waals surface area contributed by atoms with Crippen LogP contribution in [0.1, 0.15) is 12.5 Å². The van der Waals surface area contributed by atoms with Crippen LogP contribution in [0.5, 0.6) is 0 Å². The first-order valence-corrected chi connectivity index (χ1v) is 7.43. The second-order valence-electron chi connectivity index (χ2n) is 5.19. The normalized spacial score (nSPS) is 11.7. The summed E-state index contributed by atoms with van der Waals surface area (Å²) in [5.41, 5.74) is 6.53. The van der Waals surface area contributed by atoms with Gasteiger partial charge in [0.1, 0.15) is 6.54 Å². The average molecular weight is 336 g/mol. The Kier molecular flexibility index (Phi) is 5.59. The highest BCUT2D eigenvalue weighted by Crippen LogP contribution is 2.16. The lowest BCUT2D eigenvalue weighted by Crippen LogP contribution is -2.37. The minimum absolute atomic E-state index is 0.0355. The lowest BCUT2D eigenvalue weighted by Gasteiger charge is -2.15. The number of carbonyl (C=O) groups excluding carboxylic acids is 2. The summed E-state index contributed by atoms with van der Waals surface area (Å²) in [5.74, 6) is -0.502. The molecule has 23 heavy (non-hydrogen) atoms. The molecule has 1 aromatic heterocycles. The van der Waals surface area contributed by atoms with Crippen molar-refractivity contribution >= 4 is 29.2 Å². The third-order valence-electron chi connectivity index (χ3n) is 3.07. The molecular formula is C15H18ClN5O2. The van der Waals surface area contributed by atoms with Crippen molar-refractivity contribution in [3.05, 3.63) is 47.2 Å². The molecule has 0 fully saturated rings. The van der Waals surface area contributed by atoms with Crippen LogP contribution < -0.4 is 16.4 Å². The van der Waals surface area contributed by atoms with E-state index in [0.29, 0.717) is 17.1 Å². The van der Waals surface area contributed by atoms with Crippen molar-refractivity contribution in [1.82, 2.24) is 15.1 Å². The Hall–Kier alpha value is -2.54. The number of aromatic nitrogens is 2. The van der Waals surface area contributed by atoms with E-state index in [0.717, 1.165) is 5.56 Å². The molecule has 2 rings (SSSR count). The van der Waals surface area contributed by atoms with Gasteiger partial charge in [0, 0.05) is 17.3 Å². The number of nitrogens with zero attached hydrogens (tertiary/aromatic N) is 2. The predicted octanol–water partition coefficient (Wildman–Crippen LogP) is 1.77. The first-order chi connectivity index (χ1) is 10.9. The first kappa shape index (κ1) is 16.8. The Labute approximate surface area is 138 Å². The molecule has 0 aliphatic heterocycles. The molecule has 122 valence electrons. The molecule has 4 N–H and O–H groups in total. The molecule has 1 heterocycles. The van der Waals surface area contributed by atoms with E-state index >= 15 is 0 Å². The highest BCUT2D eigenvalue weighted by Gasteiger charge is 2.11. The molecule has 2 aromatic rings. The molecule has 8 heteroatoms. The van der Waals surface area contributed by atoms with Crippen LogP contribution in [-0.2, 0) is 17.8 Å². The Morgan fingerprint density at radius 1 is 1.39 bits per heavy atom. The van der Waals surface area contributed by atoms with E-state index in [-0.39, 0.29) is 18.6 Å². The molecule has 1 aromatic carbocycles. The van der Waals surface area contributed by atoms with Gasteiger partial charge < -0.3 is 16.4 Å². The Bertz CT molecular complexity index is 701. The maximum Gasteiger partial charge on any atom is 0.319 e. The lowest BCUT2D eigenvalue weighted by atomic mass is 10.1. The van der Waals surface area contributed by atoms with Crippen molar-refractivity contribution < 1.29 is 9.59 Å². The van der Waals surface area contributed by atoms with E-state index in [1.54, 1.807) is 0 Å². The summed E-state index contributed by atoms with van der Waals surface area (Å²) in [5, 5.41) is 10.1. The van der Waals surface area contributed by atoms with Gasteiger partial charge in [-0.3, -0.25) is 9.48 Å². The number of carbonyl (C=O) groups is 2. The zero-order chi connectivity index (χ0) is 16.8. The number of anilines is 1. The lowest BCUT2D eigenvalue weighted by molar-refractivity contribution is -0.118. The molecule has 0 aliphatic rings. The van der Waals surface area contributed by atoms with Crippen LogP contribution in [0.2, 0.25) is 5.02 Å². The third-order valence-corrected chi connectivity index (χ3v) is 3.44. The standard InChI is InChI=1S/C15H18ClN5O2/c1-10(6-11-4-2-3-5-13(11)16)19-15(23)20-12-7-18-21(8-12)9-14(17)22/h2-5,7-8,10H,6,9H2,1H3,(H2,17,22)(H2,19,20,23)/t10-/m1/s1. The fourth-order valence-corrected chi connectivity index (χ4v) is 2.32. The maximum atomic E-state index is 11.9. The summed E-state index contributed by atoms with van der Waals surface area (Å²) in [6, 6.07) is 7.05. The van der Waals surface area contributed by atoms with Gasteiger partial charge in [-0.2, -0.15) is 5.10 Å². The van der Waals surface area contributed by atoms with Gasteiger partial charge in [0.15, 0.2) is 0 Å². The molecule has 0 radical (unpaired) electrons. The number of hydrogen-bond acceptors (Lipinski definition) is 3. The Morgan fingerprint density at radius 3 is 2.83 bits per heavy atom. The number of primary amides is 1. The van der Waals surface area contributed by atoms with Gasteiger partial charge in [-0.15, -0.1) is 0 Å². The smallest absolute Gasteiger partial charge is 0.319 e. The second-order valence-corrected chi connectivity index (χ2v) is 5.60. The van der Waals surface area contributed by atoms with Gasteiger partial charge in [0.05, 0.1) is 11.9 Å². The molecule has 0 saturated carbocycles. The number of halogens is 1. The van der Waals surface area contributed by atoms with Gasteiger partial charge >= 0.3 is 6.03 Å².